The molecule has 0 atom stereocenters. The predicted molar refractivity (Wildman–Crippen MR) is 130 cm³/mol. The number of methoxy groups -OCH3 is 1. The molecule has 0 bridgehead atoms. The third-order valence-corrected chi connectivity index (χ3v) is 7.49. The van der Waals surface area contributed by atoms with Gasteiger partial charge in [0.15, 0.2) is 0 Å². The number of benzene rings is 1. The lowest BCUT2D eigenvalue weighted by atomic mass is 9.81. The number of carbonyl (C=O) groups excluding carboxylic acids is 1. The summed E-state index contributed by atoms with van der Waals surface area (Å²) in [6, 6.07) is 5.76. The van der Waals surface area contributed by atoms with E-state index in [9.17, 15) is 9.59 Å². The average Bonchev–Trinajstić information content (AvgIpc) is 3.13. The minimum Gasteiger partial charge on any atom is -0.497 e. The maximum atomic E-state index is 13.2. The van der Waals surface area contributed by atoms with Crippen molar-refractivity contribution in [2.75, 3.05) is 38.2 Å². The summed E-state index contributed by atoms with van der Waals surface area (Å²) in [6.45, 7) is 3.77. The summed E-state index contributed by atoms with van der Waals surface area (Å²) in [7, 11) is 3.45. The Hall–Kier alpha value is -3.36. The topological polar surface area (TPSA) is 85.5 Å². The fraction of sp³-hybridized carbons (Fsp3) is 0.520. The maximum absolute atomic E-state index is 13.2. The fourth-order valence-corrected chi connectivity index (χ4v) is 5.44. The standard InChI is InChI=1S/C25H32N6O3/c1-28-22-8-7-21(34-2)13-23(22)31(25(28)33)16-18-3-5-19(6-4-18)24(32)30-11-9-29(10-12-30)20-14-26-17-27-15-20/h7-8,13-15,17-19H,3-6,9-12,16H2,1-2H3. The lowest BCUT2D eigenvalue weighted by Gasteiger charge is -2.38. The van der Waals surface area contributed by atoms with Crippen molar-refractivity contribution in [1.29, 1.82) is 0 Å². The molecule has 1 saturated heterocycles. The molecule has 2 aliphatic rings. The molecule has 0 spiro atoms. The smallest absolute Gasteiger partial charge is 0.328 e. The Morgan fingerprint density at radius 2 is 1.74 bits per heavy atom. The first kappa shape index (κ1) is 22.4. The van der Waals surface area contributed by atoms with Crippen LogP contribution in [-0.4, -0.2) is 63.2 Å². The third kappa shape index (κ3) is 4.26. The van der Waals surface area contributed by atoms with E-state index in [1.165, 1.54) is 6.33 Å². The van der Waals surface area contributed by atoms with Gasteiger partial charge in [-0.05, 0) is 43.7 Å². The van der Waals surface area contributed by atoms with Crippen LogP contribution in [-0.2, 0) is 18.4 Å². The molecule has 0 radical (unpaired) electrons. The zero-order valence-corrected chi connectivity index (χ0v) is 19.9. The number of carbonyl (C=O) groups is 1. The van der Waals surface area contributed by atoms with E-state index in [2.05, 4.69) is 14.9 Å². The number of aromatic nitrogens is 4. The molecule has 1 saturated carbocycles. The molecule has 2 aromatic heterocycles. The van der Waals surface area contributed by atoms with Crippen molar-refractivity contribution in [3.63, 3.8) is 0 Å². The Morgan fingerprint density at radius 1 is 1.03 bits per heavy atom. The molecule has 9 heteroatoms. The molecule has 1 aliphatic carbocycles. The van der Waals surface area contributed by atoms with Crippen LogP contribution in [0.3, 0.4) is 0 Å². The minimum absolute atomic E-state index is 0.00291. The Labute approximate surface area is 199 Å². The zero-order chi connectivity index (χ0) is 23.7. The number of fused-ring (bicyclic) bond motifs is 1. The Morgan fingerprint density at radius 3 is 2.41 bits per heavy atom. The summed E-state index contributed by atoms with van der Waals surface area (Å²) in [5, 5.41) is 0. The van der Waals surface area contributed by atoms with Crippen LogP contribution in [0.2, 0.25) is 0 Å². The number of hydrogen-bond donors (Lipinski definition) is 0. The molecule has 1 aliphatic heterocycles. The molecule has 0 unspecified atom stereocenters. The lowest BCUT2D eigenvalue weighted by Crippen LogP contribution is -2.50. The van der Waals surface area contributed by atoms with E-state index in [0.29, 0.717) is 12.5 Å². The van der Waals surface area contributed by atoms with Crippen molar-refractivity contribution in [2.45, 2.75) is 32.2 Å². The predicted octanol–water partition coefficient (Wildman–Crippen LogP) is 2.29. The van der Waals surface area contributed by atoms with Gasteiger partial charge in [-0.2, -0.15) is 0 Å². The van der Waals surface area contributed by atoms with E-state index in [4.69, 9.17) is 4.74 Å². The molecule has 180 valence electrons. The lowest BCUT2D eigenvalue weighted by molar-refractivity contribution is -0.137. The molecule has 3 aromatic rings. The molecule has 34 heavy (non-hydrogen) atoms. The number of piperazine rings is 1. The van der Waals surface area contributed by atoms with Crippen LogP contribution < -0.4 is 15.3 Å². The summed E-state index contributed by atoms with van der Waals surface area (Å²) < 4.78 is 8.94. The fourth-order valence-electron chi connectivity index (χ4n) is 5.44. The molecule has 1 aromatic carbocycles. The molecule has 0 N–H and O–H groups in total. The SMILES string of the molecule is COc1ccc2c(c1)n(CC1CCC(C(=O)N3CCN(c4cncnc4)CC3)CC1)c(=O)n2C. The monoisotopic (exact) mass is 464 g/mol. The first-order valence-corrected chi connectivity index (χ1v) is 12.1. The second kappa shape index (κ2) is 9.48. The number of aryl methyl sites for hydroxylation is 1. The van der Waals surface area contributed by atoms with Crippen LogP contribution in [0.1, 0.15) is 25.7 Å². The number of hydrogen-bond acceptors (Lipinski definition) is 6. The van der Waals surface area contributed by atoms with E-state index in [-0.39, 0.29) is 17.5 Å². The molecule has 9 nitrogen and oxygen atoms in total. The van der Waals surface area contributed by atoms with Gasteiger partial charge in [-0.3, -0.25) is 13.9 Å². The van der Waals surface area contributed by atoms with Gasteiger partial charge in [0, 0.05) is 51.8 Å². The zero-order valence-electron chi connectivity index (χ0n) is 19.9. The van der Waals surface area contributed by atoms with Crippen LogP contribution >= 0.6 is 0 Å². The van der Waals surface area contributed by atoms with Gasteiger partial charge < -0.3 is 14.5 Å². The number of nitrogens with zero attached hydrogens (tertiary/aromatic N) is 6. The summed E-state index contributed by atoms with van der Waals surface area (Å²) in [4.78, 5) is 38.5. The van der Waals surface area contributed by atoms with Gasteiger partial charge in [0.05, 0.1) is 36.2 Å². The molecular formula is C25H32N6O3. The Bertz CT molecular complexity index is 1200. The van der Waals surface area contributed by atoms with Crippen molar-refractivity contribution in [2.24, 2.45) is 18.9 Å². The van der Waals surface area contributed by atoms with E-state index in [1.807, 2.05) is 47.1 Å². The van der Waals surface area contributed by atoms with Gasteiger partial charge in [-0.25, -0.2) is 14.8 Å². The number of amides is 1. The second-order valence-corrected chi connectivity index (χ2v) is 9.43. The normalized spacial score (nSPS) is 21.1. The van der Waals surface area contributed by atoms with Crippen LogP contribution in [0.4, 0.5) is 5.69 Å². The quantitative estimate of drug-likeness (QED) is 0.576. The van der Waals surface area contributed by atoms with E-state index >= 15 is 0 Å². The van der Waals surface area contributed by atoms with E-state index < -0.39 is 0 Å². The average molecular weight is 465 g/mol. The van der Waals surface area contributed by atoms with Crippen LogP contribution in [0.5, 0.6) is 5.75 Å². The highest BCUT2D eigenvalue weighted by Crippen LogP contribution is 2.32. The van der Waals surface area contributed by atoms with Gasteiger partial charge in [0.2, 0.25) is 5.91 Å². The van der Waals surface area contributed by atoms with Gasteiger partial charge in [0.25, 0.3) is 0 Å². The van der Waals surface area contributed by atoms with E-state index in [0.717, 1.165) is 74.3 Å². The highest BCUT2D eigenvalue weighted by atomic mass is 16.5. The second-order valence-electron chi connectivity index (χ2n) is 9.43. The van der Waals surface area contributed by atoms with Gasteiger partial charge in [-0.1, -0.05) is 0 Å². The van der Waals surface area contributed by atoms with Crippen molar-refractivity contribution in [3.8, 4) is 5.75 Å². The number of anilines is 1. The van der Waals surface area contributed by atoms with Gasteiger partial charge in [-0.15, -0.1) is 0 Å². The maximum Gasteiger partial charge on any atom is 0.328 e. The first-order chi connectivity index (χ1) is 16.5. The third-order valence-electron chi connectivity index (χ3n) is 7.49. The summed E-state index contributed by atoms with van der Waals surface area (Å²) in [5.74, 6) is 1.52. The molecule has 1 amide bonds. The summed E-state index contributed by atoms with van der Waals surface area (Å²) >= 11 is 0. The van der Waals surface area contributed by atoms with Crippen LogP contribution in [0.25, 0.3) is 11.0 Å². The van der Waals surface area contributed by atoms with Crippen LogP contribution in [0.15, 0.2) is 41.7 Å². The van der Waals surface area contributed by atoms with E-state index in [1.54, 1.807) is 11.7 Å². The van der Waals surface area contributed by atoms with Gasteiger partial charge in [0.1, 0.15) is 12.1 Å². The van der Waals surface area contributed by atoms with Gasteiger partial charge >= 0.3 is 5.69 Å². The first-order valence-electron chi connectivity index (χ1n) is 12.1. The summed E-state index contributed by atoms with van der Waals surface area (Å²) in [5.41, 5.74) is 2.84. The Balaban J connectivity index is 1.18. The number of imidazole rings is 1. The molecule has 3 heterocycles. The largest absolute Gasteiger partial charge is 0.497 e. The minimum atomic E-state index is 0.00291. The Kier molecular flexibility index (Phi) is 6.26. The van der Waals surface area contributed by atoms with Crippen molar-refractivity contribution >= 4 is 22.6 Å². The van der Waals surface area contributed by atoms with Crippen molar-refractivity contribution in [3.05, 3.63) is 47.4 Å². The number of ether oxygens (including phenoxy) is 1. The van der Waals surface area contributed by atoms with Crippen molar-refractivity contribution in [1.82, 2.24) is 24.0 Å². The van der Waals surface area contributed by atoms with Crippen molar-refractivity contribution < 1.29 is 9.53 Å². The molecule has 2 fully saturated rings. The van der Waals surface area contributed by atoms with Crippen LogP contribution in [0, 0.1) is 11.8 Å². The molecular weight excluding hydrogens is 432 g/mol. The highest BCUT2D eigenvalue weighted by molar-refractivity contribution is 5.79. The highest BCUT2D eigenvalue weighted by Gasteiger charge is 2.31. The summed E-state index contributed by atoms with van der Waals surface area (Å²) in [6.07, 6.45) is 8.88. The number of rotatable bonds is 5. The molecule has 5 rings (SSSR count).